The Morgan fingerprint density at radius 3 is 2.92 bits per heavy atom. The van der Waals surface area contributed by atoms with Crippen molar-refractivity contribution in [3.63, 3.8) is 0 Å². The number of amides is 3. The van der Waals surface area contributed by atoms with Crippen molar-refractivity contribution in [2.24, 2.45) is 13.0 Å². The van der Waals surface area contributed by atoms with E-state index in [4.69, 9.17) is 0 Å². The first-order chi connectivity index (χ1) is 11.6. The first-order valence-electron chi connectivity index (χ1n) is 8.43. The van der Waals surface area contributed by atoms with Gasteiger partial charge in [0.2, 0.25) is 5.91 Å². The van der Waals surface area contributed by atoms with Crippen LogP contribution in [-0.4, -0.2) is 63.0 Å². The van der Waals surface area contributed by atoms with E-state index in [2.05, 4.69) is 20.8 Å². The smallest absolute Gasteiger partial charge is 0.317 e. The van der Waals surface area contributed by atoms with Crippen LogP contribution < -0.4 is 10.6 Å². The van der Waals surface area contributed by atoms with Crippen LogP contribution in [-0.2, 0) is 11.8 Å². The third kappa shape index (κ3) is 4.62. The monoisotopic (exact) mass is 352 g/mol. The van der Waals surface area contributed by atoms with E-state index in [1.165, 1.54) is 0 Å². The van der Waals surface area contributed by atoms with Crippen molar-refractivity contribution >= 4 is 23.7 Å². The van der Waals surface area contributed by atoms with Crippen molar-refractivity contribution < 1.29 is 9.59 Å². The molecular weight excluding hydrogens is 328 g/mol. The Morgan fingerprint density at radius 2 is 2.21 bits per heavy atom. The molecule has 1 unspecified atom stereocenters. The summed E-state index contributed by atoms with van der Waals surface area (Å²) in [5.74, 6) is 0.678. The average molecular weight is 352 g/mol. The first kappa shape index (κ1) is 17.1. The Balaban J connectivity index is 1.37. The van der Waals surface area contributed by atoms with Gasteiger partial charge in [0, 0.05) is 38.5 Å². The predicted octanol–water partition coefficient (Wildman–Crippen LogP) is 0.607. The second-order valence-electron chi connectivity index (χ2n) is 6.37. The number of hydrogen-bond donors (Lipinski definition) is 2. The van der Waals surface area contributed by atoms with Gasteiger partial charge in [-0.05, 0) is 25.7 Å². The molecule has 1 aliphatic heterocycles. The molecule has 8 nitrogen and oxygen atoms in total. The van der Waals surface area contributed by atoms with Gasteiger partial charge in [-0.25, -0.2) is 4.79 Å². The standard InChI is InChI=1S/C15H24N6O2S/c1-20-10-17-19-15(20)24-8-6-16-13(22)11-3-2-7-21(9-11)14(23)18-12-4-5-12/h10-12H,2-9H2,1H3,(H,16,22)(H,18,23). The highest BCUT2D eigenvalue weighted by Crippen LogP contribution is 2.21. The number of aryl methyl sites for hydroxylation is 1. The van der Waals surface area contributed by atoms with Gasteiger partial charge in [-0.1, -0.05) is 11.8 Å². The van der Waals surface area contributed by atoms with E-state index in [9.17, 15) is 9.59 Å². The summed E-state index contributed by atoms with van der Waals surface area (Å²) < 4.78 is 1.85. The molecule has 3 rings (SSSR count). The van der Waals surface area contributed by atoms with E-state index in [1.807, 2.05) is 11.6 Å². The lowest BCUT2D eigenvalue weighted by Gasteiger charge is -2.32. The van der Waals surface area contributed by atoms with Crippen molar-refractivity contribution in [1.82, 2.24) is 30.3 Å². The van der Waals surface area contributed by atoms with Crippen LogP contribution in [0.4, 0.5) is 4.79 Å². The summed E-state index contributed by atoms with van der Waals surface area (Å²) in [5.41, 5.74) is 0. The number of rotatable bonds is 6. The number of thioether (sulfide) groups is 1. The van der Waals surface area contributed by atoms with E-state index in [0.29, 0.717) is 19.1 Å². The van der Waals surface area contributed by atoms with Crippen LogP contribution in [0.5, 0.6) is 0 Å². The van der Waals surface area contributed by atoms with Gasteiger partial charge >= 0.3 is 6.03 Å². The van der Waals surface area contributed by atoms with Crippen LogP contribution in [0.2, 0.25) is 0 Å². The summed E-state index contributed by atoms with van der Waals surface area (Å²) >= 11 is 1.56. The zero-order chi connectivity index (χ0) is 16.9. The molecule has 3 amide bonds. The van der Waals surface area contributed by atoms with Gasteiger partial charge in [-0.15, -0.1) is 10.2 Å². The lowest BCUT2D eigenvalue weighted by atomic mass is 9.97. The molecular formula is C15H24N6O2S. The average Bonchev–Trinajstić information content (AvgIpc) is 3.31. The first-order valence-corrected chi connectivity index (χ1v) is 9.42. The van der Waals surface area contributed by atoms with E-state index >= 15 is 0 Å². The fraction of sp³-hybridized carbons (Fsp3) is 0.733. The van der Waals surface area contributed by atoms with Crippen molar-refractivity contribution in [3.05, 3.63) is 6.33 Å². The number of nitrogens with one attached hydrogen (secondary N) is 2. The summed E-state index contributed by atoms with van der Waals surface area (Å²) in [6.07, 6.45) is 5.53. The molecule has 1 saturated heterocycles. The quantitative estimate of drug-likeness (QED) is 0.578. The van der Waals surface area contributed by atoms with Crippen LogP contribution in [0.3, 0.4) is 0 Å². The highest BCUT2D eigenvalue weighted by atomic mass is 32.2. The zero-order valence-electron chi connectivity index (χ0n) is 13.9. The molecule has 2 aliphatic rings. The second kappa shape index (κ2) is 7.87. The molecule has 132 valence electrons. The Hall–Kier alpha value is -1.77. The molecule has 2 heterocycles. The normalized spacial score (nSPS) is 20.7. The zero-order valence-corrected chi connectivity index (χ0v) is 14.7. The molecule has 9 heteroatoms. The van der Waals surface area contributed by atoms with E-state index in [0.717, 1.165) is 43.1 Å². The van der Waals surface area contributed by atoms with Crippen LogP contribution in [0.1, 0.15) is 25.7 Å². The fourth-order valence-electron chi connectivity index (χ4n) is 2.73. The minimum Gasteiger partial charge on any atom is -0.355 e. The lowest BCUT2D eigenvalue weighted by Crippen LogP contribution is -2.49. The highest BCUT2D eigenvalue weighted by Gasteiger charge is 2.31. The van der Waals surface area contributed by atoms with E-state index < -0.39 is 0 Å². The number of urea groups is 1. The van der Waals surface area contributed by atoms with Gasteiger partial charge in [0.25, 0.3) is 0 Å². The maximum absolute atomic E-state index is 12.3. The molecule has 0 radical (unpaired) electrons. The van der Waals surface area contributed by atoms with E-state index in [1.54, 1.807) is 23.0 Å². The molecule has 1 atom stereocenters. The van der Waals surface area contributed by atoms with Gasteiger partial charge in [-0.2, -0.15) is 0 Å². The molecule has 1 saturated carbocycles. The Bertz CT molecular complexity index is 588. The number of carbonyl (C=O) groups is 2. The van der Waals surface area contributed by atoms with Gasteiger partial charge < -0.3 is 20.1 Å². The summed E-state index contributed by atoms with van der Waals surface area (Å²) in [6.45, 7) is 1.84. The molecule has 2 fully saturated rings. The van der Waals surface area contributed by atoms with Crippen LogP contribution in [0.15, 0.2) is 11.5 Å². The number of aromatic nitrogens is 3. The molecule has 0 bridgehead atoms. The molecule has 24 heavy (non-hydrogen) atoms. The third-order valence-electron chi connectivity index (χ3n) is 4.29. The predicted molar refractivity (Wildman–Crippen MR) is 90.6 cm³/mol. The number of piperidine rings is 1. The molecule has 1 aromatic heterocycles. The Kier molecular flexibility index (Phi) is 5.60. The van der Waals surface area contributed by atoms with Gasteiger partial charge in [0.15, 0.2) is 5.16 Å². The van der Waals surface area contributed by atoms with Crippen LogP contribution in [0.25, 0.3) is 0 Å². The van der Waals surface area contributed by atoms with Crippen LogP contribution in [0, 0.1) is 5.92 Å². The van der Waals surface area contributed by atoms with Crippen molar-refractivity contribution in [2.45, 2.75) is 36.9 Å². The number of carbonyl (C=O) groups excluding carboxylic acids is 2. The largest absolute Gasteiger partial charge is 0.355 e. The fourth-order valence-corrected chi connectivity index (χ4v) is 3.48. The minimum atomic E-state index is -0.108. The minimum absolute atomic E-state index is 0.0205. The van der Waals surface area contributed by atoms with Crippen LogP contribution >= 0.6 is 11.8 Å². The molecule has 1 aliphatic carbocycles. The Labute approximate surface area is 145 Å². The third-order valence-corrected chi connectivity index (χ3v) is 5.32. The maximum Gasteiger partial charge on any atom is 0.317 e. The number of likely N-dealkylation sites (tertiary alicyclic amines) is 1. The van der Waals surface area contributed by atoms with Gasteiger partial charge in [0.05, 0.1) is 5.92 Å². The Morgan fingerprint density at radius 1 is 1.38 bits per heavy atom. The molecule has 2 N–H and O–H groups in total. The molecule has 0 aromatic carbocycles. The second-order valence-corrected chi connectivity index (χ2v) is 7.43. The van der Waals surface area contributed by atoms with Crippen molar-refractivity contribution in [3.8, 4) is 0 Å². The lowest BCUT2D eigenvalue weighted by molar-refractivity contribution is -0.126. The SMILES string of the molecule is Cn1cnnc1SCCNC(=O)C1CCCN(C(=O)NC2CC2)C1. The van der Waals surface area contributed by atoms with E-state index in [-0.39, 0.29) is 17.9 Å². The summed E-state index contributed by atoms with van der Waals surface area (Å²) in [7, 11) is 1.89. The summed E-state index contributed by atoms with van der Waals surface area (Å²) in [5, 5.41) is 14.6. The summed E-state index contributed by atoms with van der Waals surface area (Å²) in [6, 6.07) is 0.331. The number of nitrogens with zero attached hydrogens (tertiary/aromatic N) is 4. The number of hydrogen-bond acceptors (Lipinski definition) is 5. The van der Waals surface area contributed by atoms with Gasteiger partial charge in [0.1, 0.15) is 6.33 Å². The van der Waals surface area contributed by atoms with Crippen molar-refractivity contribution in [2.75, 3.05) is 25.4 Å². The molecule has 0 spiro atoms. The van der Waals surface area contributed by atoms with Gasteiger partial charge in [-0.3, -0.25) is 4.79 Å². The highest BCUT2D eigenvalue weighted by molar-refractivity contribution is 7.99. The maximum atomic E-state index is 12.3. The van der Waals surface area contributed by atoms with Crippen molar-refractivity contribution in [1.29, 1.82) is 0 Å². The topological polar surface area (TPSA) is 92.2 Å². The summed E-state index contributed by atoms with van der Waals surface area (Å²) in [4.78, 5) is 26.2. The molecule has 1 aromatic rings.